The first kappa shape index (κ1) is 15.5. The summed E-state index contributed by atoms with van der Waals surface area (Å²) in [7, 11) is 0. The van der Waals surface area contributed by atoms with Crippen LogP contribution in [0.15, 0.2) is 28.7 Å². The summed E-state index contributed by atoms with van der Waals surface area (Å²) in [4.78, 5) is 11.9. The molecule has 0 aliphatic carbocycles. The van der Waals surface area contributed by atoms with Gasteiger partial charge in [-0.15, -0.1) is 0 Å². The number of hydrogen-bond donors (Lipinski definition) is 0. The fraction of sp³-hybridized carbons (Fsp3) is 0.533. The Balaban J connectivity index is 1.76. The quantitative estimate of drug-likeness (QED) is 0.608. The van der Waals surface area contributed by atoms with Gasteiger partial charge in [0.15, 0.2) is 6.10 Å². The van der Waals surface area contributed by atoms with Gasteiger partial charge in [0.2, 0.25) is 0 Å². The first-order valence-electron chi connectivity index (χ1n) is 6.85. The Labute approximate surface area is 127 Å². The molecule has 2 unspecified atom stereocenters. The van der Waals surface area contributed by atoms with Crippen LogP contribution in [0.1, 0.15) is 26.2 Å². The Morgan fingerprint density at radius 1 is 1.50 bits per heavy atom. The van der Waals surface area contributed by atoms with E-state index in [-0.39, 0.29) is 12.1 Å². The molecule has 0 N–H and O–H groups in total. The maximum absolute atomic E-state index is 11.9. The molecule has 1 aliphatic heterocycles. The summed E-state index contributed by atoms with van der Waals surface area (Å²) < 4.78 is 17.2. The lowest BCUT2D eigenvalue weighted by atomic mass is 10.1. The Morgan fingerprint density at radius 2 is 2.35 bits per heavy atom. The summed E-state index contributed by atoms with van der Waals surface area (Å²) in [6.07, 6.45) is 2.76. The van der Waals surface area contributed by atoms with Crippen LogP contribution in [-0.2, 0) is 14.3 Å². The normalized spacial score (nSPS) is 20.4. The van der Waals surface area contributed by atoms with Crippen molar-refractivity contribution in [2.24, 2.45) is 0 Å². The molecule has 0 spiro atoms. The second-order valence-corrected chi connectivity index (χ2v) is 5.76. The molecule has 0 radical (unpaired) electrons. The van der Waals surface area contributed by atoms with E-state index in [1.807, 2.05) is 12.1 Å². The SMILES string of the molecule is CC(OCC1CCCCO1)C(=O)Oc1cccc(Br)c1. The van der Waals surface area contributed by atoms with Crippen molar-refractivity contribution in [3.63, 3.8) is 0 Å². The molecule has 5 heteroatoms. The first-order valence-corrected chi connectivity index (χ1v) is 7.65. The lowest BCUT2D eigenvalue weighted by Crippen LogP contribution is -2.31. The maximum atomic E-state index is 11.9. The third-order valence-electron chi connectivity index (χ3n) is 3.15. The molecular formula is C15H19BrO4. The summed E-state index contributed by atoms with van der Waals surface area (Å²) >= 11 is 3.33. The molecule has 2 atom stereocenters. The highest BCUT2D eigenvalue weighted by molar-refractivity contribution is 9.10. The van der Waals surface area contributed by atoms with Gasteiger partial charge in [0, 0.05) is 11.1 Å². The monoisotopic (exact) mass is 342 g/mol. The predicted molar refractivity (Wildman–Crippen MR) is 78.8 cm³/mol. The van der Waals surface area contributed by atoms with E-state index < -0.39 is 6.10 Å². The predicted octanol–water partition coefficient (Wildman–Crippen LogP) is 3.33. The highest BCUT2D eigenvalue weighted by Crippen LogP contribution is 2.19. The number of benzene rings is 1. The van der Waals surface area contributed by atoms with E-state index in [9.17, 15) is 4.79 Å². The van der Waals surface area contributed by atoms with Crippen LogP contribution < -0.4 is 4.74 Å². The van der Waals surface area contributed by atoms with E-state index >= 15 is 0 Å². The van der Waals surface area contributed by atoms with E-state index in [0.29, 0.717) is 12.4 Å². The van der Waals surface area contributed by atoms with Crippen LogP contribution in [0.3, 0.4) is 0 Å². The van der Waals surface area contributed by atoms with Crippen molar-refractivity contribution in [1.29, 1.82) is 0 Å². The molecule has 1 heterocycles. The van der Waals surface area contributed by atoms with Crippen molar-refractivity contribution in [2.75, 3.05) is 13.2 Å². The van der Waals surface area contributed by atoms with Crippen LogP contribution >= 0.6 is 15.9 Å². The Bertz CT molecular complexity index is 443. The maximum Gasteiger partial charge on any atom is 0.340 e. The Hall–Kier alpha value is -0.910. The van der Waals surface area contributed by atoms with Gasteiger partial charge >= 0.3 is 5.97 Å². The lowest BCUT2D eigenvalue weighted by molar-refractivity contribution is -0.149. The molecule has 110 valence electrons. The molecule has 1 saturated heterocycles. The van der Waals surface area contributed by atoms with E-state index in [0.717, 1.165) is 30.3 Å². The fourth-order valence-corrected chi connectivity index (χ4v) is 2.37. The molecule has 1 fully saturated rings. The van der Waals surface area contributed by atoms with Gasteiger partial charge in [0.1, 0.15) is 5.75 Å². The molecule has 0 bridgehead atoms. The van der Waals surface area contributed by atoms with Gasteiger partial charge in [-0.3, -0.25) is 0 Å². The van der Waals surface area contributed by atoms with Gasteiger partial charge in [0.05, 0.1) is 12.7 Å². The average molecular weight is 343 g/mol. The van der Waals surface area contributed by atoms with Gasteiger partial charge in [0.25, 0.3) is 0 Å². The van der Waals surface area contributed by atoms with Crippen LogP contribution in [0.4, 0.5) is 0 Å². The second kappa shape index (κ2) is 7.76. The van der Waals surface area contributed by atoms with Crippen molar-refractivity contribution < 1.29 is 19.0 Å². The van der Waals surface area contributed by atoms with Crippen molar-refractivity contribution in [2.45, 2.75) is 38.4 Å². The zero-order chi connectivity index (χ0) is 14.4. The number of rotatable bonds is 5. The van der Waals surface area contributed by atoms with E-state index in [1.165, 1.54) is 0 Å². The minimum atomic E-state index is -0.598. The highest BCUT2D eigenvalue weighted by atomic mass is 79.9. The van der Waals surface area contributed by atoms with E-state index in [1.54, 1.807) is 19.1 Å². The van der Waals surface area contributed by atoms with Crippen molar-refractivity contribution in [3.8, 4) is 5.75 Å². The third-order valence-corrected chi connectivity index (χ3v) is 3.65. The Morgan fingerprint density at radius 3 is 3.05 bits per heavy atom. The minimum absolute atomic E-state index is 0.102. The van der Waals surface area contributed by atoms with Gasteiger partial charge < -0.3 is 14.2 Å². The summed E-state index contributed by atoms with van der Waals surface area (Å²) in [5, 5.41) is 0. The molecular weight excluding hydrogens is 324 g/mol. The van der Waals surface area contributed by atoms with Crippen LogP contribution in [0.5, 0.6) is 5.75 Å². The molecule has 20 heavy (non-hydrogen) atoms. The van der Waals surface area contributed by atoms with Crippen molar-refractivity contribution >= 4 is 21.9 Å². The molecule has 0 saturated carbocycles. The smallest absolute Gasteiger partial charge is 0.340 e. The van der Waals surface area contributed by atoms with E-state index in [4.69, 9.17) is 14.2 Å². The van der Waals surface area contributed by atoms with Gasteiger partial charge in [-0.05, 0) is 44.4 Å². The number of ether oxygens (including phenoxy) is 3. The van der Waals surface area contributed by atoms with Crippen LogP contribution in [-0.4, -0.2) is 31.4 Å². The van der Waals surface area contributed by atoms with Crippen molar-refractivity contribution in [1.82, 2.24) is 0 Å². The minimum Gasteiger partial charge on any atom is -0.425 e. The molecule has 0 amide bonds. The number of carbonyl (C=O) groups excluding carboxylic acids is 1. The summed E-state index contributed by atoms with van der Waals surface area (Å²) in [6.45, 7) is 2.92. The molecule has 1 aliphatic rings. The largest absolute Gasteiger partial charge is 0.425 e. The van der Waals surface area contributed by atoms with E-state index in [2.05, 4.69) is 15.9 Å². The highest BCUT2D eigenvalue weighted by Gasteiger charge is 2.20. The molecule has 1 aromatic rings. The molecule has 0 aromatic heterocycles. The topological polar surface area (TPSA) is 44.8 Å². The number of carbonyl (C=O) groups is 1. The second-order valence-electron chi connectivity index (χ2n) is 4.84. The zero-order valence-electron chi connectivity index (χ0n) is 11.5. The fourth-order valence-electron chi connectivity index (χ4n) is 1.99. The Kier molecular flexibility index (Phi) is 6.01. The summed E-state index contributed by atoms with van der Waals surface area (Å²) in [5.74, 6) is 0.118. The van der Waals surface area contributed by atoms with Gasteiger partial charge in [-0.1, -0.05) is 22.0 Å². The average Bonchev–Trinajstić information content (AvgIpc) is 2.46. The number of halogens is 1. The summed E-state index contributed by atoms with van der Waals surface area (Å²) in [5.41, 5.74) is 0. The first-order chi connectivity index (χ1) is 9.65. The standard InChI is InChI=1S/C15H19BrO4/c1-11(19-10-14-6-2-3-8-18-14)15(17)20-13-7-4-5-12(16)9-13/h4-5,7,9,11,14H,2-3,6,8,10H2,1H3. The van der Waals surface area contributed by atoms with Crippen LogP contribution in [0.25, 0.3) is 0 Å². The van der Waals surface area contributed by atoms with Crippen LogP contribution in [0, 0.1) is 0 Å². The van der Waals surface area contributed by atoms with Crippen molar-refractivity contribution in [3.05, 3.63) is 28.7 Å². The summed E-state index contributed by atoms with van der Waals surface area (Å²) in [6, 6.07) is 7.17. The number of esters is 1. The lowest BCUT2D eigenvalue weighted by Gasteiger charge is -2.23. The molecule has 1 aromatic carbocycles. The zero-order valence-corrected chi connectivity index (χ0v) is 13.1. The number of hydrogen-bond acceptors (Lipinski definition) is 4. The third kappa shape index (κ3) is 4.89. The molecule has 4 nitrogen and oxygen atoms in total. The van der Waals surface area contributed by atoms with Gasteiger partial charge in [-0.25, -0.2) is 4.79 Å². The molecule has 2 rings (SSSR count). The van der Waals surface area contributed by atoms with Crippen LogP contribution in [0.2, 0.25) is 0 Å². The van der Waals surface area contributed by atoms with Gasteiger partial charge in [-0.2, -0.15) is 0 Å².